The number of halogens is 1. The predicted octanol–water partition coefficient (Wildman–Crippen LogP) is 4.86. The Morgan fingerprint density at radius 3 is 2.34 bits per heavy atom. The van der Waals surface area contributed by atoms with Crippen LogP contribution in [-0.4, -0.2) is 52.6 Å². The van der Waals surface area contributed by atoms with E-state index in [0.717, 1.165) is 0 Å². The van der Waals surface area contributed by atoms with Gasteiger partial charge in [-0.3, -0.25) is 9.54 Å². The molecule has 0 radical (unpaired) electrons. The molecule has 0 saturated heterocycles. The van der Waals surface area contributed by atoms with Crippen LogP contribution in [0.15, 0.2) is 82.0 Å². The molecule has 1 aromatic heterocycles. The molecule has 0 fully saturated rings. The van der Waals surface area contributed by atoms with Gasteiger partial charge in [0.1, 0.15) is 22.0 Å². The van der Waals surface area contributed by atoms with Crippen molar-refractivity contribution in [1.29, 1.82) is 0 Å². The van der Waals surface area contributed by atoms with E-state index in [0.29, 0.717) is 27.4 Å². The fourth-order valence-electron chi connectivity index (χ4n) is 3.08. The Hall–Kier alpha value is -2.53. The normalized spacial score (nSPS) is 11.6. The molecule has 1 heterocycles. The zero-order valence-electron chi connectivity index (χ0n) is 15.8. The van der Waals surface area contributed by atoms with Gasteiger partial charge in [0, 0.05) is 21.4 Å². The number of hydrogen-bond acceptors (Lipinski definition) is 7. The van der Waals surface area contributed by atoms with Crippen LogP contribution in [0.25, 0.3) is 22.0 Å². The van der Waals surface area contributed by atoms with Crippen molar-refractivity contribution in [3.8, 4) is 17.0 Å². The first kappa shape index (κ1) is 24.1. The first-order chi connectivity index (χ1) is 14.7. The third kappa shape index (κ3) is 4.93. The molecule has 4 rings (SSSR count). The van der Waals surface area contributed by atoms with Crippen LogP contribution in [0.1, 0.15) is 0 Å². The number of phenolic OH excluding ortho intramolecular Hbond substituents is 1. The van der Waals surface area contributed by atoms with Crippen molar-refractivity contribution in [1.82, 2.24) is 4.98 Å². The molecule has 158 valence electrons. The van der Waals surface area contributed by atoms with E-state index >= 15 is 0 Å². The van der Waals surface area contributed by atoms with Crippen LogP contribution in [0.5, 0.6) is 5.75 Å². The molecule has 0 amide bonds. The third-order valence-electron chi connectivity index (χ3n) is 4.56. The average molecular weight is 479 g/mol. The van der Waals surface area contributed by atoms with E-state index in [2.05, 4.69) is 15.2 Å². The van der Waals surface area contributed by atoms with Crippen molar-refractivity contribution in [3.05, 3.63) is 71.9 Å². The molecule has 8 nitrogen and oxygen atoms in total. The van der Waals surface area contributed by atoms with Crippen LogP contribution < -0.4 is 5.73 Å². The number of pyridine rings is 1. The SMILES string of the molecule is Nc1c(/N=N/c2ccc(-c3cc(Cl)ccc3O)nc2)cc(S(=O)(=O)O)c2ccccc12.[NaH]. The van der Waals surface area contributed by atoms with Crippen LogP contribution >= 0.6 is 11.6 Å². The fourth-order valence-corrected chi connectivity index (χ4v) is 3.96. The number of hydrogen-bond donors (Lipinski definition) is 3. The van der Waals surface area contributed by atoms with Crippen LogP contribution in [0.2, 0.25) is 5.02 Å². The van der Waals surface area contributed by atoms with E-state index in [1.165, 1.54) is 18.3 Å². The maximum atomic E-state index is 11.8. The predicted molar refractivity (Wildman–Crippen MR) is 126 cm³/mol. The Balaban J connectivity index is 0.00000289. The molecule has 0 aliphatic rings. The van der Waals surface area contributed by atoms with E-state index in [9.17, 15) is 18.1 Å². The quantitative estimate of drug-likeness (QED) is 0.166. The van der Waals surface area contributed by atoms with Crippen molar-refractivity contribution in [3.63, 3.8) is 0 Å². The molecule has 0 spiro atoms. The van der Waals surface area contributed by atoms with E-state index < -0.39 is 10.1 Å². The van der Waals surface area contributed by atoms with Crippen LogP contribution in [0, 0.1) is 0 Å². The van der Waals surface area contributed by atoms with Crippen LogP contribution in [0.3, 0.4) is 0 Å². The third-order valence-corrected chi connectivity index (χ3v) is 5.69. The molecule has 0 aliphatic carbocycles. The van der Waals surface area contributed by atoms with E-state index in [4.69, 9.17) is 17.3 Å². The molecule has 0 bridgehead atoms. The minimum atomic E-state index is -4.50. The van der Waals surface area contributed by atoms with Gasteiger partial charge in [-0.05, 0) is 36.4 Å². The summed E-state index contributed by atoms with van der Waals surface area (Å²) >= 11 is 5.97. The van der Waals surface area contributed by atoms with Crippen LogP contribution in [0.4, 0.5) is 17.1 Å². The number of aromatic hydroxyl groups is 1. The Morgan fingerprint density at radius 1 is 0.969 bits per heavy atom. The number of nitrogens with two attached hydrogens (primary N) is 1. The molecule has 0 unspecified atom stereocenters. The second-order valence-corrected chi connectivity index (χ2v) is 8.42. The van der Waals surface area contributed by atoms with E-state index in [1.54, 1.807) is 48.5 Å². The molecule has 4 N–H and O–H groups in total. The maximum absolute atomic E-state index is 11.8. The molecule has 3 aromatic carbocycles. The summed E-state index contributed by atoms with van der Waals surface area (Å²) in [5, 5.41) is 19.3. The van der Waals surface area contributed by atoms with Gasteiger partial charge in [-0.15, -0.1) is 10.2 Å². The Labute approximate surface area is 210 Å². The summed E-state index contributed by atoms with van der Waals surface area (Å²) in [6.45, 7) is 0. The second-order valence-electron chi connectivity index (χ2n) is 6.59. The van der Waals surface area contributed by atoms with Gasteiger partial charge in [-0.1, -0.05) is 35.9 Å². The number of anilines is 1. The van der Waals surface area contributed by atoms with Gasteiger partial charge < -0.3 is 10.8 Å². The van der Waals surface area contributed by atoms with Crippen molar-refractivity contribution in [2.75, 3.05) is 5.73 Å². The molecule has 0 aliphatic heterocycles. The van der Waals surface area contributed by atoms with Crippen molar-refractivity contribution < 1.29 is 18.1 Å². The zero-order chi connectivity index (χ0) is 22.2. The molecular formula is C21H16ClN4NaO4S. The molecule has 4 aromatic rings. The fraction of sp³-hybridized carbons (Fsp3) is 0. The van der Waals surface area contributed by atoms with Crippen molar-refractivity contribution in [2.45, 2.75) is 4.90 Å². The van der Waals surface area contributed by atoms with E-state index in [-0.39, 0.29) is 57.0 Å². The Morgan fingerprint density at radius 2 is 1.69 bits per heavy atom. The van der Waals surface area contributed by atoms with Crippen LogP contribution in [-0.2, 0) is 10.1 Å². The summed E-state index contributed by atoms with van der Waals surface area (Å²) in [6, 6.07) is 15.6. The summed E-state index contributed by atoms with van der Waals surface area (Å²) in [6.07, 6.45) is 1.43. The van der Waals surface area contributed by atoms with Gasteiger partial charge >= 0.3 is 29.6 Å². The second kappa shape index (κ2) is 9.53. The van der Waals surface area contributed by atoms with Crippen molar-refractivity contribution in [2.24, 2.45) is 10.2 Å². The monoisotopic (exact) mass is 478 g/mol. The molecular weight excluding hydrogens is 463 g/mol. The van der Waals surface area contributed by atoms with Gasteiger partial charge in [0.05, 0.1) is 17.6 Å². The number of nitrogens with zero attached hydrogens (tertiary/aromatic N) is 3. The van der Waals surface area contributed by atoms with E-state index in [1.807, 2.05) is 0 Å². The van der Waals surface area contributed by atoms with Gasteiger partial charge in [-0.25, -0.2) is 0 Å². The summed E-state index contributed by atoms with van der Waals surface area (Å²) in [4.78, 5) is 3.94. The van der Waals surface area contributed by atoms with Gasteiger partial charge in [0.15, 0.2) is 0 Å². The minimum absolute atomic E-state index is 0. The Bertz CT molecular complexity index is 1440. The Kier molecular flexibility index (Phi) is 7.19. The molecule has 0 saturated carbocycles. The number of azo groups is 1. The number of benzene rings is 3. The summed E-state index contributed by atoms with van der Waals surface area (Å²) in [7, 11) is -4.50. The summed E-state index contributed by atoms with van der Waals surface area (Å²) in [5.74, 6) is 0.0351. The van der Waals surface area contributed by atoms with Crippen molar-refractivity contribution >= 4 is 79.1 Å². The average Bonchev–Trinajstić information content (AvgIpc) is 2.75. The summed E-state index contributed by atoms with van der Waals surface area (Å²) in [5.41, 5.74) is 7.76. The first-order valence-corrected chi connectivity index (χ1v) is 10.7. The number of phenols is 1. The zero-order valence-corrected chi connectivity index (χ0v) is 17.3. The topological polar surface area (TPSA) is 138 Å². The molecule has 0 atom stereocenters. The van der Waals surface area contributed by atoms with Gasteiger partial charge in [-0.2, -0.15) is 8.42 Å². The standard InChI is InChI=1S/C21H15ClN4O4S.Na.H/c22-12-5-8-19(27)16(9-12)17-7-6-13(11-24-17)25-26-18-10-20(31(28,29)30)14-3-1-2-4-15(14)21(18)23;;/h1-11,27H,23H2,(H,28,29,30);;/b26-25+;;. The molecule has 11 heteroatoms. The number of nitrogen functional groups attached to an aromatic ring is 1. The van der Waals surface area contributed by atoms with Gasteiger partial charge in [0.2, 0.25) is 0 Å². The number of rotatable bonds is 4. The molecule has 32 heavy (non-hydrogen) atoms. The number of fused-ring (bicyclic) bond motifs is 1. The van der Waals surface area contributed by atoms with Gasteiger partial charge in [0.25, 0.3) is 10.1 Å². The number of aromatic nitrogens is 1. The summed E-state index contributed by atoms with van der Waals surface area (Å²) < 4.78 is 33.2. The first-order valence-electron chi connectivity index (χ1n) is 8.89.